The van der Waals surface area contributed by atoms with Crippen LogP contribution >= 0.6 is 0 Å². The van der Waals surface area contributed by atoms with Crippen molar-refractivity contribution in [3.63, 3.8) is 0 Å². The maximum Gasteiger partial charge on any atom is 0.261 e. The van der Waals surface area contributed by atoms with Crippen LogP contribution < -0.4 is 10.6 Å². The molecule has 0 fully saturated rings. The summed E-state index contributed by atoms with van der Waals surface area (Å²) < 4.78 is 0. The zero-order valence-corrected chi connectivity index (χ0v) is 16.8. The monoisotopic (exact) mass is 395 g/mol. The molecule has 0 spiro atoms. The number of anilines is 2. The number of hydrogen-bond donors (Lipinski definition) is 2. The topological polar surface area (TPSA) is 82.0 Å². The lowest BCUT2D eigenvalue weighted by atomic mass is 10.1. The van der Waals surface area contributed by atoms with E-state index in [1.165, 1.54) is 6.08 Å². The molecule has 0 saturated carbocycles. The van der Waals surface area contributed by atoms with Gasteiger partial charge in [0.25, 0.3) is 11.8 Å². The van der Waals surface area contributed by atoms with E-state index in [-0.39, 0.29) is 5.57 Å². The van der Waals surface area contributed by atoms with Gasteiger partial charge in [0, 0.05) is 11.4 Å². The Balaban J connectivity index is 1.92. The van der Waals surface area contributed by atoms with E-state index in [0.29, 0.717) is 22.5 Å². The third-order valence-corrected chi connectivity index (χ3v) is 4.43. The Morgan fingerprint density at radius 3 is 1.77 bits per heavy atom. The maximum absolute atomic E-state index is 12.9. The SMILES string of the molecule is Cc1ccc(NC(=O)C(=Cc2cccc(C#N)c2)C(=O)Nc2ccc(C)cc2)cc1. The number of nitrogens with one attached hydrogen (secondary N) is 2. The van der Waals surface area contributed by atoms with E-state index in [0.717, 1.165) is 11.1 Å². The largest absolute Gasteiger partial charge is 0.322 e. The van der Waals surface area contributed by atoms with Crippen molar-refractivity contribution in [3.8, 4) is 6.07 Å². The summed E-state index contributed by atoms with van der Waals surface area (Å²) in [4.78, 5) is 25.9. The summed E-state index contributed by atoms with van der Waals surface area (Å²) in [7, 11) is 0. The highest BCUT2D eigenvalue weighted by atomic mass is 16.2. The van der Waals surface area contributed by atoms with Gasteiger partial charge in [-0.15, -0.1) is 0 Å². The van der Waals surface area contributed by atoms with Gasteiger partial charge in [-0.25, -0.2) is 0 Å². The molecule has 0 aliphatic rings. The molecule has 0 unspecified atom stereocenters. The summed E-state index contributed by atoms with van der Waals surface area (Å²) in [6.45, 7) is 3.91. The number of aryl methyl sites for hydroxylation is 2. The lowest BCUT2D eigenvalue weighted by Gasteiger charge is -2.11. The molecule has 0 aromatic heterocycles. The molecule has 0 saturated heterocycles. The minimum absolute atomic E-state index is 0.0637. The Labute approximate surface area is 175 Å². The van der Waals surface area contributed by atoms with E-state index in [1.54, 1.807) is 48.5 Å². The fraction of sp³-hybridized carbons (Fsp3) is 0.0800. The molecule has 148 valence electrons. The lowest BCUT2D eigenvalue weighted by Crippen LogP contribution is -2.25. The van der Waals surface area contributed by atoms with Crippen LogP contribution in [0.25, 0.3) is 6.08 Å². The predicted molar refractivity (Wildman–Crippen MR) is 119 cm³/mol. The molecule has 30 heavy (non-hydrogen) atoms. The van der Waals surface area contributed by atoms with Crippen molar-refractivity contribution < 1.29 is 9.59 Å². The number of rotatable bonds is 5. The fourth-order valence-corrected chi connectivity index (χ4v) is 2.77. The zero-order chi connectivity index (χ0) is 21.5. The van der Waals surface area contributed by atoms with Crippen molar-refractivity contribution in [2.75, 3.05) is 10.6 Å². The number of benzene rings is 3. The molecule has 0 aliphatic carbocycles. The molecule has 0 heterocycles. The first kappa shape index (κ1) is 20.6. The van der Waals surface area contributed by atoms with Gasteiger partial charge in [-0.1, -0.05) is 47.5 Å². The van der Waals surface area contributed by atoms with Gasteiger partial charge in [0.15, 0.2) is 0 Å². The van der Waals surface area contributed by atoms with E-state index in [1.807, 2.05) is 38.1 Å². The second-order valence-electron chi connectivity index (χ2n) is 6.94. The molecule has 3 aromatic carbocycles. The molecule has 0 aliphatic heterocycles. The summed E-state index contributed by atoms with van der Waals surface area (Å²) in [5.74, 6) is -1.07. The summed E-state index contributed by atoms with van der Waals surface area (Å²) in [5, 5.41) is 14.6. The third kappa shape index (κ3) is 5.43. The first-order valence-electron chi connectivity index (χ1n) is 9.42. The number of nitrogens with zero attached hydrogens (tertiary/aromatic N) is 1. The van der Waals surface area contributed by atoms with Crippen LogP contribution in [0.1, 0.15) is 22.3 Å². The van der Waals surface area contributed by atoms with E-state index >= 15 is 0 Å². The number of carbonyl (C=O) groups excluding carboxylic acids is 2. The number of amides is 2. The van der Waals surface area contributed by atoms with Gasteiger partial charge in [-0.3, -0.25) is 9.59 Å². The second kappa shape index (κ2) is 9.35. The normalized spacial score (nSPS) is 9.90. The van der Waals surface area contributed by atoms with Crippen molar-refractivity contribution in [1.82, 2.24) is 0 Å². The van der Waals surface area contributed by atoms with Gasteiger partial charge in [0.05, 0.1) is 11.6 Å². The quantitative estimate of drug-likeness (QED) is 0.369. The molecule has 3 rings (SSSR count). The van der Waals surface area contributed by atoms with Crippen LogP contribution in [-0.4, -0.2) is 11.8 Å². The van der Waals surface area contributed by atoms with Crippen LogP contribution in [0.15, 0.2) is 78.4 Å². The van der Waals surface area contributed by atoms with Crippen LogP contribution in [0.3, 0.4) is 0 Å². The molecule has 2 amide bonds. The Hall–Kier alpha value is -4.17. The Morgan fingerprint density at radius 2 is 1.30 bits per heavy atom. The first-order chi connectivity index (χ1) is 14.4. The average molecular weight is 395 g/mol. The van der Waals surface area contributed by atoms with Crippen LogP contribution in [-0.2, 0) is 9.59 Å². The second-order valence-corrected chi connectivity index (χ2v) is 6.94. The van der Waals surface area contributed by atoms with E-state index in [4.69, 9.17) is 5.26 Å². The van der Waals surface area contributed by atoms with Crippen molar-refractivity contribution in [1.29, 1.82) is 5.26 Å². The fourth-order valence-electron chi connectivity index (χ4n) is 2.77. The lowest BCUT2D eigenvalue weighted by molar-refractivity contribution is -0.118. The minimum Gasteiger partial charge on any atom is -0.322 e. The molecular weight excluding hydrogens is 374 g/mol. The standard InChI is InChI=1S/C25H21N3O2/c1-17-6-10-21(11-7-17)27-24(29)23(15-19-4-3-5-20(14-19)16-26)25(30)28-22-12-8-18(2)9-13-22/h3-15H,1-2H3,(H,27,29)(H,28,30). The Bertz CT molecular complexity index is 1080. The predicted octanol–water partition coefficient (Wildman–Crippen LogP) is 4.84. The van der Waals surface area contributed by atoms with Crippen molar-refractivity contribution in [2.24, 2.45) is 0 Å². The van der Waals surface area contributed by atoms with Crippen molar-refractivity contribution in [3.05, 3.63) is 101 Å². The minimum atomic E-state index is -0.536. The molecule has 0 radical (unpaired) electrons. The maximum atomic E-state index is 12.9. The molecule has 5 nitrogen and oxygen atoms in total. The van der Waals surface area contributed by atoms with E-state index < -0.39 is 11.8 Å². The smallest absolute Gasteiger partial charge is 0.261 e. The number of nitriles is 1. The van der Waals surface area contributed by atoms with Crippen LogP contribution in [0, 0.1) is 25.2 Å². The summed E-state index contributed by atoms with van der Waals surface area (Å²) in [6, 6.07) is 23.4. The summed E-state index contributed by atoms with van der Waals surface area (Å²) >= 11 is 0. The van der Waals surface area contributed by atoms with Crippen molar-refractivity contribution >= 4 is 29.3 Å². The Morgan fingerprint density at radius 1 is 0.800 bits per heavy atom. The number of hydrogen-bond acceptors (Lipinski definition) is 3. The molecule has 5 heteroatoms. The van der Waals surface area contributed by atoms with Gasteiger partial charge in [0.1, 0.15) is 5.57 Å². The van der Waals surface area contributed by atoms with Crippen LogP contribution in [0.2, 0.25) is 0 Å². The van der Waals surface area contributed by atoms with E-state index in [9.17, 15) is 9.59 Å². The summed E-state index contributed by atoms with van der Waals surface area (Å²) in [6.07, 6.45) is 1.48. The van der Waals surface area contributed by atoms with Crippen molar-refractivity contribution in [2.45, 2.75) is 13.8 Å². The van der Waals surface area contributed by atoms with Gasteiger partial charge in [-0.2, -0.15) is 5.26 Å². The highest BCUT2D eigenvalue weighted by Gasteiger charge is 2.19. The van der Waals surface area contributed by atoms with Crippen LogP contribution in [0.5, 0.6) is 0 Å². The molecule has 0 bridgehead atoms. The zero-order valence-electron chi connectivity index (χ0n) is 16.8. The highest BCUT2D eigenvalue weighted by Crippen LogP contribution is 2.16. The Kier molecular flexibility index (Phi) is 6.41. The molecular formula is C25H21N3O2. The molecule has 2 N–H and O–H groups in total. The summed E-state index contributed by atoms with van der Waals surface area (Å²) in [5.41, 5.74) is 4.27. The molecule has 3 aromatic rings. The van der Waals surface area contributed by atoms with Gasteiger partial charge >= 0.3 is 0 Å². The average Bonchev–Trinajstić information content (AvgIpc) is 2.75. The third-order valence-electron chi connectivity index (χ3n) is 4.43. The van der Waals surface area contributed by atoms with Crippen LogP contribution in [0.4, 0.5) is 11.4 Å². The number of carbonyl (C=O) groups is 2. The van der Waals surface area contributed by atoms with Gasteiger partial charge < -0.3 is 10.6 Å². The van der Waals surface area contributed by atoms with E-state index in [2.05, 4.69) is 16.7 Å². The van der Waals surface area contributed by atoms with Gasteiger partial charge in [0.2, 0.25) is 0 Å². The highest BCUT2D eigenvalue weighted by molar-refractivity contribution is 6.28. The molecule has 0 atom stereocenters. The first-order valence-corrected chi connectivity index (χ1v) is 9.42. The van der Waals surface area contributed by atoms with Gasteiger partial charge in [-0.05, 0) is 61.9 Å².